The van der Waals surface area contributed by atoms with Crippen molar-refractivity contribution in [1.29, 1.82) is 0 Å². The van der Waals surface area contributed by atoms with E-state index in [4.69, 9.17) is 28.4 Å². The van der Waals surface area contributed by atoms with Gasteiger partial charge in [0.2, 0.25) is 0 Å². The maximum atomic E-state index is 15.9. The van der Waals surface area contributed by atoms with Gasteiger partial charge in [0.25, 0.3) is 0 Å². The Labute approximate surface area is 845 Å². The summed E-state index contributed by atoms with van der Waals surface area (Å²) in [6.07, 6.45) is 12.4. The summed E-state index contributed by atoms with van der Waals surface area (Å²) in [7, 11) is 0. The van der Waals surface area contributed by atoms with Gasteiger partial charge in [0, 0.05) is 138 Å². The average molecular weight is 1910 g/mol. The zero-order valence-corrected chi connectivity index (χ0v) is 87.8. The molecule has 18 nitrogen and oxygen atoms in total. The lowest BCUT2D eigenvalue weighted by molar-refractivity contribution is 0.261. The van der Waals surface area contributed by atoms with Gasteiger partial charge in [-0.1, -0.05) is 308 Å². The molecule has 12 aromatic rings. The second-order valence-corrected chi connectivity index (χ2v) is 42.3. The molecule has 8 N–H and O–H groups in total. The number of amides is 8. The van der Waals surface area contributed by atoms with Gasteiger partial charge in [0.15, 0.2) is 0 Å². The number of aryl methyl sites for hydroxylation is 2. The lowest BCUT2D eigenvalue weighted by Crippen LogP contribution is -2.21. The highest BCUT2D eigenvalue weighted by molar-refractivity contribution is 6.04. The standard InChI is InChI=1S/C124H152N8O10/c1-21-27-31-61-139-111-87-65-91-73-103(129-119(135)131-105-77-107(83-39-47-95(48-40-83)121(9,10)11)115(137-59-25-5)108(78-105)84-41-49-96(50-42-84)122(12,13)14)75-93(113(91)141-63-33-29-23-3)67-89-71-102(128-118(134)126-100-57-37-82(8)38-58-100)72-90(112(89)140-62-32-28-22-2)68-94-76-104(74-92(114(94)142-64-34-30-24-4)66-88(111)70-101(69-87)127-117(133)125-99-55-35-81(7)36-56-99)130-120(136)132-106-79-109(85-43-51-97(52-44-85)123(15,16)17)116(138-60-26-6)110(80-106)86-45-53-98(54-46-86)124(18,19)20/h35-58,69-80H,21-34,59-68H2,1-20H3,(H2,125,127,133)(H2,126,128,134)(H2,129,131,135)(H2,130,132,136). The summed E-state index contributed by atoms with van der Waals surface area (Å²) >= 11 is 0. The van der Waals surface area contributed by atoms with Gasteiger partial charge in [-0.3, -0.25) is 0 Å². The Morgan fingerprint density at radius 1 is 0.218 bits per heavy atom. The number of fused-ring (bicyclic) bond motifs is 8. The number of unbranched alkanes of at least 4 members (excludes halogenated alkanes) is 8. The Balaban J connectivity index is 1.04. The maximum Gasteiger partial charge on any atom is 0.323 e. The third kappa shape index (κ3) is 28.9. The Morgan fingerprint density at radius 3 is 0.585 bits per heavy atom. The van der Waals surface area contributed by atoms with Crippen molar-refractivity contribution in [3.8, 4) is 79.0 Å². The number of benzene rings is 12. The second-order valence-electron chi connectivity index (χ2n) is 42.3. The van der Waals surface area contributed by atoms with Gasteiger partial charge in [0.1, 0.15) is 34.5 Å². The summed E-state index contributed by atoms with van der Waals surface area (Å²) < 4.78 is 43.4. The largest absolute Gasteiger partial charge is 0.493 e. The lowest BCUT2D eigenvalue weighted by atomic mass is 9.85. The van der Waals surface area contributed by atoms with Crippen molar-refractivity contribution >= 4 is 69.6 Å². The summed E-state index contributed by atoms with van der Waals surface area (Å²) in [5.74, 6) is 3.77. The van der Waals surface area contributed by atoms with Gasteiger partial charge >= 0.3 is 24.1 Å². The van der Waals surface area contributed by atoms with Crippen molar-refractivity contribution in [2.24, 2.45) is 0 Å². The first kappa shape index (κ1) is 106. The van der Waals surface area contributed by atoms with E-state index in [1.54, 1.807) is 0 Å². The monoisotopic (exact) mass is 1910 g/mol. The number of hydrogen-bond donors (Lipinski definition) is 8. The van der Waals surface area contributed by atoms with Crippen LogP contribution in [0.3, 0.4) is 0 Å². The van der Waals surface area contributed by atoms with Crippen molar-refractivity contribution in [2.45, 2.75) is 276 Å². The van der Waals surface area contributed by atoms with E-state index in [-0.39, 0.29) is 47.3 Å². The van der Waals surface area contributed by atoms with Crippen molar-refractivity contribution in [1.82, 2.24) is 0 Å². The maximum absolute atomic E-state index is 15.9. The van der Waals surface area contributed by atoms with Crippen LogP contribution in [-0.4, -0.2) is 63.8 Å². The van der Waals surface area contributed by atoms with Crippen LogP contribution in [0.4, 0.5) is 64.7 Å². The number of ether oxygens (including phenoxy) is 6. The third-order valence-corrected chi connectivity index (χ3v) is 26.0. The van der Waals surface area contributed by atoms with E-state index in [1.165, 1.54) is 22.3 Å². The normalized spacial score (nSPS) is 12.1. The molecule has 0 fully saturated rings. The van der Waals surface area contributed by atoms with Crippen molar-refractivity contribution in [3.63, 3.8) is 0 Å². The number of carbonyl (C=O) groups is 4. The highest BCUT2D eigenvalue weighted by Crippen LogP contribution is 2.49. The van der Waals surface area contributed by atoms with Crippen LogP contribution in [0.2, 0.25) is 0 Å². The predicted octanol–water partition coefficient (Wildman–Crippen LogP) is 33.3. The summed E-state index contributed by atoms with van der Waals surface area (Å²) in [6, 6.07) is 72.0. The fraction of sp³-hybridized carbons (Fsp3) is 0.387. The molecule has 18 heteroatoms. The number of carbonyl (C=O) groups excluding carboxylic acids is 4. The minimum absolute atomic E-state index is 0.106. The molecule has 0 atom stereocenters. The SMILES string of the molecule is CCCCCOc1c2cc(NC(=O)Nc3ccc(C)cc3)cc1Cc1cc(NC(=O)Nc3cc(-c4ccc(C(C)(C)C)cc4)c(OCCC)c(-c4ccc(C(C)(C)C)cc4)c3)cc(c1OCCCCC)Cc1cc(NC(=O)Nc3ccc(C)cc3)cc(c1OCCCCC)Cc1cc(NC(=O)Nc3cc(-c4ccc(C(C)(C)C)cc4)c(OCCC)c(-c4ccc(C(C)(C)C)cc4)c3)cc(c1OCCCCC)C2. The van der Waals surface area contributed by atoms with Crippen LogP contribution in [0.1, 0.15) is 292 Å². The van der Waals surface area contributed by atoms with Crippen LogP contribution in [0.5, 0.6) is 34.5 Å². The Hall–Kier alpha value is -13.5. The summed E-state index contributed by atoms with van der Waals surface area (Å²) in [5, 5.41) is 26.3. The molecule has 0 saturated heterocycles. The van der Waals surface area contributed by atoms with Gasteiger partial charge < -0.3 is 71.0 Å². The number of urea groups is 4. The van der Waals surface area contributed by atoms with Crippen LogP contribution in [-0.2, 0) is 47.3 Å². The van der Waals surface area contributed by atoms with Crippen LogP contribution < -0.4 is 71.0 Å². The smallest absolute Gasteiger partial charge is 0.323 e. The molecule has 12 aromatic carbocycles. The molecule has 1 aliphatic rings. The molecule has 13 rings (SSSR count). The molecule has 0 unspecified atom stereocenters. The molecule has 8 amide bonds. The first-order valence-corrected chi connectivity index (χ1v) is 51.7. The van der Waals surface area contributed by atoms with Gasteiger partial charge in [-0.2, -0.15) is 0 Å². The zero-order valence-electron chi connectivity index (χ0n) is 87.8. The fourth-order valence-electron chi connectivity index (χ4n) is 18.0. The van der Waals surface area contributed by atoms with Gasteiger partial charge in [-0.15, -0.1) is 0 Å². The second kappa shape index (κ2) is 48.8. The number of rotatable bonds is 38. The van der Waals surface area contributed by atoms with Crippen LogP contribution in [0.15, 0.2) is 218 Å². The molecule has 0 heterocycles. The Morgan fingerprint density at radius 2 is 0.401 bits per heavy atom. The first-order valence-electron chi connectivity index (χ1n) is 51.7. The molecule has 0 aliphatic heterocycles. The van der Waals surface area contributed by atoms with E-state index >= 15 is 9.59 Å². The molecule has 142 heavy (non-hydrogen) atoms. The highest BCUT2D eigenvalue weighted by atomic mass is 16.5. The lowest BCUT2D eigenvalue weighted by Gasteiger charge is -2.25. The van der Waals surface area contributed by atoms with E-state index in [9.17, 15) is 9.59 Å². The van der Waals surface area contributed by atoms with E-state index in [0.29, 0.717) is 164 Å². The minimum atomic E-state index is -0.507. The number of hydrogen-bond acceptors (Lipinski definition) is 10. The molecule has 748 valence electrons. The van der Waals surface area contributed by atoms with Crippen molar-refractivity contribution in [2.75, 3.05) is 82.2 Å². The molecule has 0 saturated carbocycles. The topological polar surface area (TPSA) is 220 Å². The number of nitrogens with one attached hydrogen (secondary N) is 8. The van der Waals surface area contributed by atoms with Crippen LogP contribution >= 0.6 is 0 Å². The van der Waals surface area contributed by atoms with Gasteiger partial charge in [0.05, 0.1) is 39.6 Å². The minimum Gasteiger partial charge on any atom is -0.493 e. The van der Waals surface area contributed by atoms with Crippen molar-refractivity contribution < 1.29 is 47.6 Å². The molecule has 0 aromatic heterocycles. The third-order valence-electron chi connectivity index (χ3n) is 26.0. The van der Waals surface area contributed by atoms with Crippen LogP contribution in [0.25, 0.3) is 44.5 Å². The highest BCUT2D eigenvalue weighted by Gasteiger charge is 2.31. The summed E-state index contributed by atoms with van der Waals surface area (Å²) in [5.41, 5.74) is 23.2. The van der Waals surface area contributed by atoms with Gasteiger partial charge in [-0.25, -0.2) is 19.2 Å². The summed E-state index contributed by atoms with van der Waals surface area (Å²) in [4.78, 5) is 61.7. The van der Waals surface area contributed by atoms with E-state index in [2.05, 4.69) is 264 Å². The molecule has 0 radical (unpaired) electrons. The van der Waals surface area contributed by atoms with Gasteiger partial charge in [-0.05, 0) is 216 Å². The van der Waals surface area contributed by atoms with E-state index in [0.717, 1.165) is 146 Å². The van der Waals surface area contributed by atoms with Crippen LogP contribution in [0, 0.1) is 13.8 Å². The fourth-order valence-corrected chi connectivity index (χ4v) is 18.0. The molecule has 8 bridgehead atoms. The Kier molecular flexibility index (Phi) is 36.4. The number of anilines is 8. The quantitative estimate of drug-likeness (QED) is 0.0171. The molecule has 0 spiro atoms. The van der Waals surface area contributed by atoms with Crippen molar-refractivity contribution in [3.05, 3.63) is 296 Å². The summed E-state index contributed by atoms with van der Waals surface area (Å²) in [6.45, 7) is 45.8. The molecule has 1 aliphatic carbocycles. The predicted molar refractivity (Wildman–Crippen MR) is 591 cm³/mol. The van der Waals surface area contributed by atoms with E-state index < -0.39 is 24.1 Å². The molecular weight excluding hydrogens is 1760 g/mol. The first-order chi connectivity index (χ1) is 68.0. The molecular formula is C124H152N8O10. The van der Waals surface area contributed by atoms with E-state index in [1.807, 2.05) is 135 Å². The average Bonchev–Trinajstić information content (AvgIpc) is 0.767. The Bertz CT molecular complexity index is 5660. The zero-order chi connectivity index (χ0) is 101.